The Morgan fingerprint density at radius 2 is 2.25 bits per heavy atom. The van der Waals surface area contributed by atoms with Gasteiger partial charge in [-0.1, -0.05) is 13.8 Å². The smallest absolute Gasteiger partial charge is 0.00430 e. The lowest BCUT2D eigenvalue weighted by molar-refractivity contribution is 0.198. The lowest BCUT2D eigenvalue weighted by Crippen LogP contribution is -2.30. The average Bonchev–Trinajstić information content (AvgIpc) is 2.81. The Kier molecular flexibility index (Phi) is 4.04. The van der Waals surface area contributed by atoms with Crippen LogP contribution in [0.2, 0.25) is 0 Å². The van der Waals surface area contributed by atoms with E-state index in [2.05, 4.69) is 30.7 Å². The number of nitrogens with two attached hydrogens (primary N) is 1. The van der Waals surface area contributed by atoms with E-state index in [0.29, 0.717) is 5.92 Å². The summed E-state index contributed by atoms with van der Waals surface area (Å²) in [5.41, 5.74) is 7.46. The molecule has 0 saturated heterocycles. The van der Waals surface area contributed by atoms with Crippen molar-refractivity contribution < 1.29 is 0 Å². The average molecular weight is 237 g/mol. The third-order valence-corrected chi connectivity index (χ3v) is 4.95. The van der Waals surface area contributed by atoms with Crippen molar-refractivity contribution in [1.82, 2.24) is 0 Å². The first-order valence-electron chi connectivity index (χ1n) is 6.44. The van der Waals surface area contributed by atoms with Gasteiger partial charge in [-0.25, -0.2) is 0 Å². The quantitative estimate of drug-likeness (QED) is 0.848. The third-order valence-electron chi connectivity index (χ3n) is 4.25. The fraction of sp³-hybridized carbons (Fsp3) is 0.714. The molecule has 1 aromatic heterocycles. The van der Waals surface area contributed by atoms with Crippen LogP contribution in [-0.4, -0.2) is 6.54 Å². The van der Waals surface area contributed by atoms with Crippen molar-refractivity contribution in [2.75, 3.05) is 6.54 Å². The lowest BCUT2D eigenvalue weighted by Gasteiger charge is -2.37. The molecule has 2 heteroatoms. The van der Waals surface area contributed by atoms with Crippen LogP contribution in [-0.2, 0) is 0 Å². The summed E-state index contributed by atoms with van der Waals surface area (Å²) in [6, 6.07) is 2.29. The van der Waals surface area contributed by atoms with Gasteiger partial charge >= 0.3 is 0 Å². The Balaban J connectivity index is 2.11. The Morgan fingerprint density at radius 3 is 2.81 bits per heavy atom. The minimum Gasteiger partial charge on any atom is -0.330 e. The molecule has 2 rings (SSSR count). The Morgan fingerprint density at radius 1 is 1.44 bits per heavy atom. The van der Waals surface area contributed by atoms with E-state index in [4.69, 9.17) is 5.73 Å². The number of hydrogen-bond donors (Lipinski definition) is 1. The molecule has 1 saturated carbocycles. The number of hydrogen-bond acceptors (Lipinski definition) is 2. The second-order valence-electron chi connectivity index (χ2n) is 5.48. The van der Waals surface area contributed by atoms with Gasteiger partial charge < -0.3 is 5.73 Å². The number of thiophene rings is 1. The summed E-state index contributed by atoms with van der Waals surface area (Å²) in [4.78, 5) is 0. The molecule has 1 aromatic rings. The van der Waals surface area contributed by atoms with Gasteiger partial charge in [0.25, 0.3) is 0 Å². The van der Waals surface area contributed by atoms with Crippen molar-refractivity contribution in [3.8, 4) is 0 Å². The van der Waals surface area contributed by atoms with Crippen molar-refractivity contribution in [2.24, 2.45) is 23.5 Å². The van der Waals surface area contributed by atoms with Gasteiger partial charge in [0.15, 0.2) is 0 Å². The van der Waals surface area contributed by atoms with Crippen molar-refractivity contribution in [3.63, 3.8) is 0 Å². The first-order chi connectivity index (χ1) is 7.72. The summed E-state index contributed by atoms with van der Waals surface area (Å²) in [6.45, 7) is 5.57. The summed E-state index contributed by atoms with van der Waals surface area (Å²) >= 11 is 1.81. The van der Waals surface area contributed by atoms with Crippen molar-refractivity contribution in [2.45, 2.75) is 39.0 Å². The van der Waals surface area contributed by atoms with Gasteiger partial charge in [-0.3, -0.25) is 0 Å². The summed E-state index contributed by atoms with van der Waals surface area (Å²) in [7, 11) is 0. The molecule has 1 fully saturated rings. The molecule has 2 N–H and O–H groups in total. The minimum absolute atomic E-state index is 0.713. The molecule has 0 amide bonds. The van der Waals surface area contributed by atoms with Gasteiger partial charge in [-0.05, 0) is 71.9 Å². The first kappa shape index (κ1) is 12.1. The van der Waals surface area contributed by atoms with Crippen LogP contribution >= 0.6 is 11.3 Å². The third kappa shape index (κ3) is 2.49. The second-order valence-corrected chi connectivity index (χ2v) is 6.26. The summed E-state index contributed by atoms with van der Waals surface area (Å²) in [6.07, 6.45) is 4.04. The maximum absolute atomic E-state index is 5.92. The molecule has 0 aromatic carbocycles. The molecule has 0 bridgehead atoms. The summed E-state index contributed by atoms with van der Waals surface area (Å²) in [5.74, 6) is 3.15. The van der Waals surface area contributed by atoms with Crippen LogP contribution in [0.1, 0.15) is 44.6 Å². The summed E-state index contributed by atoms with van der Waals surface area (Å²) in [5, 5.41) is 4.51. The molecule has 3 unspecified atom stereocenters. The summed E-state index contributed by atoms with van der Waals surface area (Å²) < 4.78 is 0. The largest absolute Gasteiger partial charge is 0.330 e. The van der Waals surface area contributed by atoms with Gasteiger partial charge in [0, 0.05) is 0 Å². The van der Waals surface area contributed by atoms with E-state index < -0.39 is 0 Å². The Labute approximate surface area is 103 Å². The second kappa shape index (κ2) is 5.33. The SMILES string of the molecule is CC(C)C1CCC(CN)C(c2ccsc2)C1. The maximum Gasteiger partial charge on any atom is -0.00430 e. The molecular formula is C14H23NS. The first-order valence-corrected chi connectivity index (χ1v) is 7.38. The maximum atomic E-state index is 5.92. The Bertz CT molecular complexity index is 305. The molecule has 3 atom stereocenters. The van der Waals surface area contributed by atoms with Crippen LogP contribution in [0, 0.1) is 17.8 Å². The van der Waals surface area contributed by atoms with Crippen LogP contribution in [0.15, 0.2) is 16.8 Å². The molecule has 0 radical (unpaired) electrons. The van der Waals surface area contributed by atoms with E-state index in [1.54, 1.807) is 0 Å². The molecule has 1 nitrogen and oxygen atoms in total. The van der Waals surface area contributed by atoms with Crippen molar-refractivity contribution >= 4 is 11.3 Å². The van der Waals surface area contributed by atoms with E-state index >= 15 is 0 Å². The molecule has 1 aliphatic rings. The zero-order chi connectivity index (χ0) is 11.5. The van der Waals surface area contributed by atoms with Gasteiger partial charge in [0.2, 0.25) is 0 Å². The highest BCUT2D eigenvalue weighted by Crippen LogP contribution is 2.43. The predicted octanol–water partition coefficient (Wildman–Crippen LogP) is 3.86. The predicted molar refractivity (Wildman–Crippen MR) is 71.8 cm³/mol. The fourth-order valence-electron chi connectivity index (χ4n) is 3.05. The zero-order valence-electron chi connectivity index (χ0n) is 10.4. The topological polar surface area (TPSA) is 26.0 Å². The molecule has 1 aliphatic carbocycles. The van der Waals surface area contributed by atoms with E-state index in [-0.39, 0.29) is 0 Å². The standard InChI is InChI=1S/C14H23NS/c1-10(2)11-3-4-12(8-15)14(7-11)13-5-6-16-9-13/h5-6,9-12,14H,3-4,7-8,15H2,1-2H3. The van der Waals surface area contributed by atoms with Crippen LogP contribution in [0.25, 0.3) is 0 Å². The van der Waals surface area contributed by atoms with E-state index in [0.717, 1.165) is 24.3 Å². The molecule has 0 aliphatic heterocycles. The van der Waals surface area contributed by atoms with E-state index in [1.165, 1.54) is 24.8 Å². The highest BCUT2D eigenvalue weighted by atomic mass is 32.1. The van der Waals surface area contributed by atoms with Crippen LogP contribution in [0.4, 0.5) is 0 Å². The molecular weight excluding hydrogens is 214 g/mol. The molecule has 0 spiro atoms. The van der Waals surface area contributed by atoms with Crippen LogP contribution in [0.3, 0.4) is 0 Å². The van der Waals surface area contributed by atoms with Gasteiger partial charge in [-0.2, -0.15) is 11.3 Å². The molecule has 16 heavy (non-hydrogen) atoms. The highest BCUT2D eigenvalue weighted by Gasteiger charge is 2.31. The van der Waals surface area contributed by atoms with Crippen LogP contribution < -0.4 is 5.73 Å². The fourth-order valence-corrected chi connectivity index (χ4v) is 3.77. The van der Waals surface area contributed by atoms with Crippen LogP contribution in [0.5, 0.6) is 0 Å². The monoisotopic (exact) mass is 237 g/mol. The highest BCUT2D eigenvalue weighted by molar-refractivity contribution is 7.07. The van der Waals surface area contributed by atoms with E-state index in [9.17, 15) is 0 Å². The zero-order valence-corrected chi connectivity index (χ0v) is 11.2. The van der Waals surface area contributed by atoms with Crippen molar-refractivity contribution in [1.29, 1.82) is 0 Å². The van der Waals surface area contributed by atoms with Gasteiger partial charge in [-0.15, -0.1) is 0 Å². The molecule has 1 heterocycles. The van der Waals surface area contributed by atoms with E-state index in [1.807, 2.05) is 11.3 Å². The van der Waals surface area contributed by atoms with Crippen molar-refractivity contribution in [3.05, 3.63) is 22.4 Å². The minimum atomic E-state index is 0.713. The normalized spacial score (nSPS) is 30.9. The van der Waals surface area contributed by atoms with Gasteiger partial charge in [0.1, 0.15) is 0 Å². The number of rotatable bonds is 3. The Hall–Kier alpha value is -0.340. The van der Waals surface area contributed by atoms with Gasteiger partial charge in [0.05, 0.1) is 0 Å². The molecule has 90 valence electrons. The lowest BCUT2D eigenvalue weighted by atomic mass is 9.69.